The summed E-state index contributed by atoms with van der Waals surface area (Å²) >= 11 is 1.49. The van der Waals surface area contributed by atoms with E-state index in [-0.39, 0.29) is 18.4 Å². The molecule has 0 unspecified atom stereocenters. The number of hydrogen-bond donors (Lipinski definition) is 1. The Labute approximate surface area is 175 Å². The van der Waals surface area contributed by atoms with E-state index in [1.807, 2.05) is 37.1 Å². The Hall–Kier alpha value is -2.54. The third kappa shape index (κ3) is 3.83. The number of hydrogen-bond acceptors (Lipinski definition) is 6. The van der Waals surface area contributed by atoms with Crippen molar-refractivity contribution in [2.45, 2.75) is 52.1 Å². The molecule has 0 aromatic heterocycles. The van der Waals surface area contributed by atoms with Gasteiger partial charge < -0.3 is 15.0 Å². The van der Waals surface area contributed by atoms with Crippen molar-refractivity contribution >= 4 is 28.8 Å². The third-order valence-corrected chi connectivity index (χ3v) is 6.30. The molecule has 6 nitrogen and oxygen atoms in total. The molecule has 1 saturated carbocycles. The molecule has 1 amide bonds. The first-order valence-corrected chi connectivity index (χ1v) is 10.7. The van der Waals surface area contributed by atoms with Gasteiger partial charge in [0.25, 0.3) is 0 Å². The number of carbonyl (C=O) groups excluding carboxylic acids is 2. The summed E-state index contributed by atoms with van der Waals surface area (Å²) in [6.07, 6.45) is 2.36. The fourth-order valence-corrected chi connectivity index (χ4v) is 4.80. The third-order valence-electron chi connectivity index (χ3n) is 5.41. The predicted molar refractivity (Wildman–Crippen MR) is 114 cm³/mol. The zero-order chi connectivity index (χ0) is 20.7. The number of nitrogens with zero attached hydrogens (tertiary/aromatic N) is 2. The topological polar surface area (TPSA) is 71.0 Å². The van der Waals surface area contributed by atoms with Gasteiger partial charge in [0.1, 0.15) is 0 Å². The number of aliphatic imine (C=N–C) groups is 1. The van der Waals surface area contributed by atoms with Crippen LogP contribution >= 0.6 is 11.8 Å². The van der Waals surface area contributed by atoms with Gasteiger partial charge >= 0.3 is 5.97 Å². The maximum atomic E-state index is 12.7. The number of rotatable bonds is 5. The second-order valence-corrected chi connectivity index (χ2v) is 8.60. The molecule has 0 spiro atoms. The van der Waals surface area contributed by atoms with Gasteiger partial charge in [-0.3, -0.25) is 4.79 Å². The molecular formula is C22H25N3O3S. The van der Waals surface area contributed by atoms with Crippen molar-refractivity contribution in [3.8, 4) is 0 Å². The highest BCUT2D eigenvalue weighted by molar-refractivity contribution is 8.16. The monoisotopic (exact) mass is 411 g/mol. The number of benzene rings is 1. The predicted octanol–water partition coefficient (Wildman–Crippen LogP) is 3.72. The van der Waals surface area contributed by atoms with Gasteiger partial charge in [0, 0.05) is 11.7 Å². The van der Waals surface area contributed by atoms with E-state index in [1.54, 1.807) is 0 Å². The summed E-state index contributed by atoms with van der Waals surface area (Å²) in [5, 5.41) is 5.80. The van der Waals surface area contributed by atoms with E-state index in [1.165, 1.54) is 18.9 Å². The molecule has 3 aliphatic rings. The van der Waals surface area contributed by atoms with Crippen LogP contribution in [0.25, 0.3) is 0 Å². The minimum atomic E-state index is -0.394. The van der Waals surface area contributed by atoms with Crippen LogP contribution in [0.3, 0.4) is 0 Å². The Balaban J connectivity index is 1.75. The summed E-state index contributed by atoms with van der Waals surface area (Å²) in [4.78, 5) is 31.9. The number of aryl methyl sites for hydroxylation is 2. The minimum Gasteiger partial charge on any atom is -0.466 e. The molecule has 1 aromatic rings. The number of esters is 1. The smallest absolute Gasteiger partial charge is 0.338 e. The van der Waals surface area contributed by atoms with Crippen LogP contribution < -0.4 is 5.32 Å². The van der Waals surface area contributed by atoms with E-state index in [4.69, 9.17) is 4.74 Å². The Morgan fingerprint density at radius 3 is 2.69 bits per heavy atom. The number of amidine groups is 1. The fraction of sp³-hybridized carbons (Fsp3) is 0.409. The molecule has 0 radical (unpaired) electrons. The number of methoxy groups -OCH3 is 1. The maximum absolute atomic E-state index is 12.7. The van der Waals surface area contributed by atoms with E-state index < -0.39 is 5.97 Å². The first-order valence-electron chi connectivity index (χ1n) is 9.78. The number of allylic oxidation sites excluding steroid dienone is 1. The molecule has 0 bridgehead atoms. The number of nitrogens with one attached hydrogen (secondary N) is 1. The number of fused-ring (bicyclic) bond motifs is 1. The number of ether oxygens (including phenoxy) is 1. The Morgan fingerprint density at radius 2 is 2.03 bits per heavy atom. The first-order chi connectivity index (χ1) is 13.9. The van der Waals surface area contributed by atoms with Crippen molar-refractivity contribution in [2.24, 2.45) is 4.99 Å². The molecule has 1 fully saturated rings. The fourth-order valence-electron chi connectivity index (χ4n) is 3.84. The van der Waals surface area contributed by atoms with Crippen LogP contribution in [-0.4, -0.2) is 35.1 Å². The van der Waals surface area contributed by atoms with Gasteiger partial charge in [-0.2, -0.15) is 0 Å². The second kappa shape index (κ2) is 7.71. The average Bonchev–Trinajstić information content (AvgIpc) is 3.40. The summed E-state index contributed by atoms with van der Waals surface area (Å²) in [6, 6.07) is 6.15. The highest BCUT2D eigenvalue weighted by Crippen LogP contribution is 2.45. The highest BCUT2D eigenvalue weighted by atomic mass is 32.2. The Morgan fingerprint density at radius 1 is 1.28 bits per heavy atom. The van der Waals surface area contributed by atoms with Gasteiger partial charge in [0.05, 0.1) is 30.8 Å². The zero-order valence-electron chi connectivity index (χ0n) is 17.1. The largest absolute Gasteiger partial charge is 0.466 e. The molecule has 1 atom stereocenters. The van der Waals surface area contributed by atoms with Crippen molar-refractivity contribution in [1.29, 1.82) is 0 Å². The van der Waals surface area contributed by atoms with Crippen LogP contribution in [0.4, 0.5) is 0 Å². The van der Waals surface area contributed by atoms with Gasteiger partial charge in [-0.05, 0) is 50.1 Å². The summed E-state index contributed by atoms with van der Waals surface area (Å²) in [5.74, 6) is -0.389. The van der Waals surface area contributed by atoms with Crippen LogP contribution in [0.1, 0.15) is 48.9 Å². The van der Waals surface area contributed by atoms with E-state index in [0.717, 1.165) is 40.4 Å². The lowest BCUT2D eigenvalue weighted by molar-refractivity contribution is -0.136. The Kier molecular flexibility index (Phi) is 5.25. The van der Waals surface area contributed by atoms with Gasteiger partial charge in [-0.25, -0.2) is 9.79 Å². The molecule has 1 aromatic carbocycles. The van der Waals surface area contributed by atoms with Crippen LogP contribution in [0.5, 0.6) is 0 Å². The van der Waals surface area contributed by atoms with Crippen molar-refractivity contribution in [3.63, 3.8) is 0 Å². The molecule has 2 aliphatic heterocycles. The van der Waals surface area contributed by atoms with Crippen molar-refractivity contribution in [2.75, 3.05) is 7.11 Å². The van der Waals surface area contributed by atoms with E-state index >= 15 is 0 Å². The zero-order valence-corrected chi connectivity index (χ0v) is 17.9. The average molecular weight is 412 g/mol. The Bertz CT molecular complexity index is 976. The van der Waals surface area contributed by atoms with Gasteiger partial charge in [-0.15, -0.1) is 0 Å². The van der Waals surface area contributed by atoms with Crippen LogP contribution in [0.2, 0.25) is 0 Å². The molecule has 4 rings (SSSR count). The molecule has 29 heavy (non-hydrogen) atoms. The van der Waals surface area contributed by atoms with Crippen molar-refractivity contribution in [1.82, 2.24) is 10.2 Å². The number of amides is 1. The second-order valence-electron chi connectivity index (χ2n) is 7.76. The normalized spacial score (nSPS) is 20.8. The van der Waals surface area contributed by atoms with E-state index in [2.05, 4.69) is 22.4 Å². The molecule has 1 aliphatic carbocycles. The summed E-state index contributed by atoms with van der Waals surface area (Å²) in [5.41, 5.74) is 5.28. The first kappa shape index (κ1) is 19.8. The summed E-state index contributed by atoms with van der Waals surface area (Å²) in [7, 11) is 1.39. The standard InChI is InChI=1S/C22H25N3O3S/c1-12-5-8-17(13(2)9-12)20-19(21(27)28-4)14(3)23-22-25(20)16(11-29-22)10-18(26)24-15-6-7-15/h5,8-9,11,15,20H,6-7,10H2,1-4H3,(H,24,26)/t20-/m1/s1. The molecule has 1 N–H and O–H groups in total. The lowest BCUT2D eigenvalue weighted by Gasteiger charge is -2.37. The maximum Gasteiger partial charge on any atom is 0.338 e. The summed E-state index contributed by atoms with van der Waals surface area (Å²) < 4.78 is 5.10. The van der Waals surface area contributed by atoms with E-state index in [0.29, 0.717) is 17.3 Å². The highest BCUT2D eigenvalue weighted by Gasteiger charge is 2.41. The van der Waals surface area contributed by atoms with Gasteiger partial charge in [0.2, 0.25) is 5.91 Å². The molecule has 2 heterocycles. The summed E-state index contributed by atoms with van der Waals surface area (Å²) in [6.45, 7) is 5.93. The van der Waals surface area contributed by atoms with Crippen molar-refractivity contribution < 1.29 is 14.3 Å². The van der Waals surface area contributed by atoms with E-state index in [9.17, 15) is 9.59 Å². The van der Waals surface area contributed by atoms with Crippen LogP contribution in [0, 0.1) is 13.8 Å². The minimum absolute atomic E-state index is 0.00544. The van der Waals surface area contributed by atoms with Gasteiger partial charge in [-0.1, -0.05) is 35.5 Å². The van der Waals surface area contributed by atoms with Crippen LogP contribution in [-0.2, 0) is 14.3 Å². The molecule has 152 valence electrons. The SMILES string of the molecule is COC(=O)C1=C(C)N=C2SC=C(CC(=O)NC3CC3)N2[C@@H]1c1ccc(C)cc1C. The quantitative estimate of drug-likeness (QED) is 0.748. The lowest BCUT2D eigenvalue weighted by Crippen LogP contribution is -2.38. The van der Waals surface area contributed by atoms with Gasteiger partial charge in [0.15, 0.2) is 5.17 Å². The molecule has 0 saturated heterocycles. The lowest BCUT2D eigenvalue weighted by atomic mass is 9.90. The van der Waals surface area contributed by atoms with Crippen molar-refractivity contribution in [3.05, 3.63) is 57.3 Å². The molecule has 7 heteroatoms. The molecular weight excluding hydrogens is 386 g/mol. The number of thioether (sulfide) groups is 1. The number of carbonyl (C=O) groups is 2. The van der Waals surface area contributed by atoms with Crippen LogP contribution in [0.15, 0.2) is 45.6 Å².